The molecule has 3 heterocycles. The minimum atomic E-state index is -2.70. The molecule has 1 unspecified atom stereocenters. The first-order valence-electron chi connectivity index (χ1n) is 8.02. The Kier molecular flexibility index (Phi) is 3.69. The van der Waals surface area contributed by atoms with Gasteiger partial charge in [0, 0.05) is 37.1 Å². The van der Waals surface area contributed by atoms with E-state index in [0.29, 0.717) is 25.6 Å². The number of nitrogens with zero attached hydrogens (tertiary/aromatic N) is 3. The van der Waals surface area contributed by atoms with E-state index in [4.69, 9.17) is 0 Å². The van der Waals surface area contributed by atoms with Gasteiger partial charge in [0.05, 0.1) is 18.3 Å². The minimum absolute atomic E-state index is 0.254. The summed E-state index contributed by atoms with van der Waals surface area (Å²) in [6, 6.07) is 7.15. The highest BCUT2D eigenvalue weighted by atomic mass is 19.3. The standard InChI is InChI=1S/C17H19F2N5/c1-11-3-2-4-13(5-11)22-16-21-6-12-8-24(9-14(12)23-16)15-7-20-10-17(15,18)19/h2-6,15,20H,7-10H2,1H3,(H,21,22,23). The Morgan fingerprint density at radius 3 is 2.96 bits per heavy atom. The first-order valence-corrected chi connectivity index (χ1v) is 8.02. The fourth-order valence-corrected chi connectivity index (χ4v) is 3.35. The largest absolute Gasteiger partial charge is 0.324 e. The molecule has 1 aromatic carbocycles. The van der Waals surface area contributed by atoms with Crippen LogP contribution in [-0.4, -0.2) is 39.9 Å². The van der Waals surface area contributed by atoms with E-state index in [0.717, 1.165) is 22.5 Å². The maximum atomic E-state index is 13.9. The Labute approximate surface area is 139 Å². The molecule has 24 heavy (non-hydrogen) atoms. The molecule has 0 amide bonds. The summed E-state index contributed by atoms with van der Waals surface area (Å²) < 4.78 is 27.9. The average molecular weight is 331 g/mol. The number of rotatable bonds is 3. The Morgan fingerprint density at radius 1 is 1.33 bits per heavy atom. The number of anilines is 2. The lowest BCUT2D eigenvalue weighted by molar-refractivity contribution is -0.0499. The molecule has 1 saturated heterocycles. The Bertz CT molecular complexity index is 764. The van der Waals surface area contributed by atoms with Crippen LogP contribution in [0.4, 0.5) is 20.4 Å². The molecular weight excluding hydrogens is 312 g/mol. The Hall–Kier alpha value is -2.12. The van der Waals surface area contributed by atoms with Gasteiger partial charge in [-0.3, -0.25) is 4.90 Å². The predicted octanol–water partition coefficient (Wildman–Crippen LogP) is 2.45. The van der Waals surface area contributed by atoms with Crippen LogP contribution in [0.3, 0.4) is 0 Å². The van der Waals surface area contributed by atoms with Crippen molar-refractivity contribution in [3.05, 3.63) is 47.3 Å². The first kappa shape index (κ1) is 15.4. The van der Waals surface area contributed by atoms with Crippen LogP contribution in [0, 0.1) is 6.92 Å². The Balaban J connectivity index is 1.51. The highest BCUT2D eigenvalue weighted by Gasteiger charge is 2.48. The van der Waals surface area contributed by atoms with Gasteiger partial charge in [0.1, 0.15) is 0 Å². The van der Waals surface area contributed by atoms with Gasteiger partial charge < -0.3 is 10.6 Å². The second kappa shape index (κ2) is 5.75. The zero-order chi connectivity index (χ0) is 16.7. The van der Waals surface area contributed by atoms with E-state index in [2.05, 4.69) is 20.6 Å². The normalized spacial score (nSPS) is 22.5. The lowest BCUT2D eigenvalue weighted by atomic mass is 10.2. The maximum Gasteiger partial charge on any atom is 0.276 e. The van der Waals surface area contributed by atoms with E-state index < -0.39 is 12.0 Å². The van der Waals surface area contributed by atoms with Gasteiger partial charge in [0.2, 0.25) is 5.95 Å². The molecular formula is C17H19F2N5. The lowest BCUT2D eigenvalue weighted by Gasteiger charge is -2.27. The van der Waals surface area contributed by atoms with E-state index >= 15 is 0 Å². The van der Waals surface area contributed by atoms with Crippen LogP contribution >= 0.6 is 0 Å². The van der Waals surface area contributed by atoms with E-state index in [9.17, 15) is 8.78 Å². The fourth-order valence-electron chi connectivity index (χ4n) is 3.35. The monoisotopic (exact) mass is 331 g/mol. The van der Waals surface area contributed by atoms with Gasteiger partial charge in [-0.25, -0.2) is 18.7 Å². The van der Waals surface area contributed by atoms with E-state index in [1.807, 2.05) is 31.2 Å². The zero-order valence-corrected chi connectivity index (χ0v) is 13.4. The molecule has 1 atom stereocenters. The molecule has 2 N–H and O–H groups in total. The van der Waals surface area contributed by atoms with Crippen molar-refractivity contribution in [2.75, 3.05) is 18.4 Å². The lowest BCUT2D eigenvalue weighted by Crippen LogP contribution is -2.44. The Morgan fingerprint density at radius 2 is 2.21 bits per heavy atom. The van der Waals surface area contributed by atoms with E-state index in [-0.39, 0.29) is 6.54 Å². The first-order chi connectivity index (χ1) is 11.5. The third-order valence-corrected chi connectivity index (χ3v) is 4.58. The van der Waals surface area contributed by atoms with Crippen molar-refractivity contribution >= 4 is 11.6 Å². The third kappa shape index (κ3) is 2.85. The molecule has 1 aromatic heterocycles. The summed E-state index contributed by atoms with van der Waals surface area (Å²) in [4.78, 5) is 10.6. The van der Waals surface area contributed by atoms with Crippen molar-refractivity contribution in [3.8, 4) is 0 Å². The van der Waals surface area contributed by atoms with Crippen molar-refractivity contribution < 1.29 is 8.78 Å². The van der Waals surface area contributed by atoms with Crippen molar-refractivity contribution in [2.45, 2.75) is 32.0 Å². The second-order valence-electron chi connectivity index (χ2n) is 6.47. The number of halogens is 2. The molecule has 5 nitrogen and oxygen atoms in total. The molecule has 0 saturated carbocycles. The summed E-state index contributed by atoms with van der Waals surface area (Å²) in [5, 5.41) is 5.95. The van der Waals surface area contributed by atoms with Crippen LogP contribution < -0.4 is 10.6 Å². The van der Waals surface area contributed by atoms with Gasteiger partial charge in [-0.15, -0.1) is 0 Å². The number of aryl methyl sites for hydroxylation is 1. The molecule has 2 aliphatic heterocycles. The molecule has 2 aromatic rings. The number of aromatic nitrogens is 2. The van der Waals surface area contributed by atoms with Crippen LogP contribution in [-0.2, 0) is 13.1 Å². The zero-order valence-electron chi connectivity index (χ0n) is 13.4. The van der Waals surface area contributed by atoms with Crippen molar-refractivity contribution in [1.82, 2.24) is 20.2 Å². The van der Waals surface area contributed by atoms with Crippen molar-refractivity contribution in [3.63, 3.8) is 0 Å². The molecule has 0 spiro atoms. The number of hydrogen-bond donors (Lipinski definition) is 2. The highest BCUT2D eigenvalue weighted by Crippen LogP contribution is 2.32. The van der Waals surface area contributed by atoms with Crippen LogP contribution in [0.2, 0.25) is 0 Å². The van der Waals surface area contributed by atoms with Gasteiger partial charge in [-0.05, 0) is 24.6 Å². The van der Waals surface area contributed by atoms with Crippen molar-refractivity contribution in [2.24, 2.45) is 0 Å². The predicted molar refractivity (Wildman–Crippen MR) is 87.3 cm³/mol. The van der Waals surface area contributed by atoms with Gasteiger partial charge in [-0.2, -0.15) is 0 Å². The van der Waals surface area contributed by atoms with Gasteiger partial charge in [0.25, 0.3) is 5.92 Å². The van der Waals surface area contributed by atoms with Crippen LogP contribution in [0.1, 0.15) is 16.8 Å². The van der Waals surface area contributed by atoms with E-state index in [1.165, 1.54) is 0 Å². The van der Waals surface area contributed by atoms with Crippen LogP contribution in [0.25, 0.3) is 0 Å². The molecule has 4 rings (SSSR count). The topological polar surface area (TPSA) is 53.1 Å². The summed E-state index contributed by atoms with van der Waals surface area (Å²) in [5.41, 5.74) is 3.80. The SMILES string of the molecule is Cc1cccc(Nc2ncc3c(n2)CN(C2CNCC2(F)F)C3)c1. The third-order valence-electron chi connectivity index (χ3n) is 4.58. The number of hydrogen-bond acceptors (Lipinski definition) is 5. The summed E-state index contributed by atoms with van der Waals surface area (Å²) in [7, 11) is 0. The smallest absolute Gasteiger partial charge is 0.276 e. The summed E-state index contributed by atoms with van der Waals surface area (Å²) in [6.45, 7) is 2.98. The molecule has 7 heteroatoms. The summed E-state index contributed by atoms with van der Waals surface area (Å²) in [6.07, 6.45) is 1.74. The molecule has 126 valence electrons. The number of alkyl halides is 2. The van der Waals surface area contributed by atoms with Gasteiger partial charge in [-0.1, -0.05) is 12.1 Å². The highest BCUT2D eigenvalue weighted by molar-refractivity contribution is 5.54. The molecule has 0 aliphatic carbocycles. The van der Waals surface area contributed by atoms with Gasteiger partial charge in [0.15, 0.2) is 0 Å². The molecule has 0 bridgehead atoms. The fraction of sp³-hybridized carbons (Fsp3) is 0.412. The summed E-state index contributed by atoms with van der Waals surface area (Å²) in [5.74, 6) is -2.20. The van der Waals surface area contributed by atoms with Crippen LogP contribution in [0.5, 0.6) is 0 Å². The maximum absolute atomic E-state index is 13.9. The number of fused-ring (bicyclic) bond motifs is 1. The number of nitrogens with one attached hydrogen (secondary N) is 2. The van der Waals surface area contributed by atoms with Crippen molar-refractivity contribution in [1.29, 1.82) is 0 Å². The number of benzene rings is 1. The molecule has 1 fully saturated rings. The molecule has 0 radical (unpaired) electrons. The van der Waals surface area contributed by atoms with Gasteiger partial charge >= 0.3 is 0 Å². The average Bonchev–Trinajstić information content (AvgIpc) is 3.09. The minimum Gasteiger partial charge on any atom is -0.324 e. The van der Waals surface area contributed by atoms with Crippen LogP contribution in [0.15, 0.2) is 30.5 Å². The quantitative estimate of drug-likeness (QED) is 0.905. The summed E-state index contributed by atoms with van der Waals surface area (Å²) >= 11 is 0. The van der Waals surface area contributed by atoms with E-state index in [1.54, 1.807) is 11.1 Å². The second-order valence-corrected chi connectivity index (χ2v) is 6.47. The molecule has 2 aliphatic rings.